The Morgan fingerprint density at radius 2 is 1.84 bits per heavy atom. The van der Waals surface area contributed by atoms with E-state index in [2.05, 4.69) is 15.2 Å². The Labute approximate surface area is 227 Å². The van der Waals surface area contributed by atoms with E-state index in [-0.39, 0.29) is 28.3 Å². The number of H-pyrrole nitrogens is 1. The number of aliphatic hydroxyl groups excluding tert-OH is 1. The number of thiazole rings is 1. The largest absolute Gasteiger partial charge is 0.506 e. The highest BCUT2D eigenvalue weighted by Crippen LogP contribution is 2.32. The van der Waals surface area contributed by atoms with Crippen LogP contribution in [0.1, 0.15) is 69.5 Å². The Morgan fingerprint density at radius 1 is 1.13 bits per heavy atom. The number of nitrogens with one attached hydrogen (secondary N) is 2. The van der Waals surface area contributed by atoms with Crippen molar-refractivity contribution in [2.45, 2.75) is 69.5 Å². The second-order valence-corrected chi connectivity index (χ2v) is 11.6. The third kappa shape index (κ3) is 7.69. The number of rotatable bonds is 13. The van der Waals surface area contributed by atoms with Crippen LogP contribution in [0, 0.1) is 0 Å². The molecule has 2 saturated heterocycles. The summed E-state index contributed by atoms with van der Waals surface area (Å²) in [5.41, 5.74) is 0.788. The zero-order valence-electron chi connectivity index (χ0n) is 22.1. The fourth-order valence-corrected chi connectivity index (χ4v) is 6.53. The van der Waals surface area contributed by atoms with E-state index in [4.69, 9.17) is 4.74 Å². The average molecular weight is 551 g/mol. The molecule has 2 aliphatic rings. The standard InChI is InChI=1S/C27H42N4O6S/c32-21-9-8-20(24-23(21)29-25(34)38-24)22(33)18-31(26(35)36)14-7-5-3-1-2-4-6-13-30-15-10-27(11-16-30)19-28-12-17-37-27/h8-9,22,28,32-33H,1-7,10-19H2,(H,29,34)(H,35,36). The molecule has 1 aromatic carbocycles. The van der Waals surface area contributed by atoms with Crippen LogP contribution in [0.2, 0.25) is 0 Å². The molecule has 2 aliphatic heterocycles. The minimum atomic E-state index is -1.09. The molecule has 11 heteroatoms. The number of ether oxygens (including phenoxy) is 1. The molecule has 1 unspecified atom stereocenters. The number of unbranched alkanes of at least 4 members (excludes halogenated alkanes) is 6. The summed E-state index contributed by atoms with van der Waals surface area (Å²) in [6.07, 6.45) is 7.64. The van der Waals surface area contributed by atoms with E-state index in [0.717, 1.165) is 89.2 Å². The van der Waals surface area contributed by atoms with Crippen molar-refractivity contribution >= 4 is 27.6 Å². The molecule has 0 bridgehead atoms. The van der Waals surface area contributed by atoms with Crippen molar-refractivity contribution in [1.29, 1.82) is 0 Å². The summed E-state index contributed by atoms with van der Waals surface area (Å²) in [5, 5.41) is 33.7. The highest BCUT2D eigenvalue weighted by atomic mass is 32.1. The van der Waals surface area contributed by atoms with Crippen LogP contribution in [0.5, 0.6) is 5.75 Å². The number of amides is 1. The average Bonchev–Trinajstić information content (AvgIpc) is 3.31. The van der Waals surface area contributed by atoms with E-state index in [1.165, 1.54) is 36.3 Å². The lowest BCUT2D eigenvalue weighted by atomic mass is 9.90. The summed E-state index contributed by atoms with van der Waals surface area (Å²) in [6.45, 7) is 6.47. The number of fused-ring (bicyclic) bond motifs is 1. The van der Waals surface area contributed by atoms with E-state index in [1.54, 1.807) is 0 Å². The normalized spacial score (nSPS) is 18.7. The lowest BCUT2D eigenvalue weighted by Crippen LogP contribution is -2.55. The Bertz CT molecular complexity index is 1090. The van der Waals surface area contributed by atoms with E-state index in [1.807, 2.05) is 0 Å². The first-order valence-electron chi connectivity index (χ1n) is 13.9. The van der Waals surface area contributed by atoms with Gasteiger partial charge in [-0.1, -0.05) is 49.5 Å². The van der Waals surface area contributed by atoms with Gasteiger partial charge < -0.3 is 40.2 Å². The van der Waals surface area contributed by atoms with Gasteiger partial charge in [0.15, 0.2) is 0 Å². The van der Waals surface area contributed by atoms with E-state index < -0.39 is 12.2 Å². The number of phenols is 1. The van der Waals surface area contributed by atoms with Crippen molar-refractivity contribution in [2.24, 2.45) is 0 Å². The van der Waals surface area contributed by atoms with Gasteiger partial charge in [-0.05, 0) is 38.3 Å². The minimum absolute atomic E-state index is 0.0728. The number of aromatic hydroxyl groups is 1. The highest BCUT2D eigenvalue weighted by molar-refractivity contribution is 7.16. The number of morpholine rings is 1. The number of aromatic amines is 1. The topological polar surface area (TPSA) is 138 Å². The number of benzene rings is 1. The molecule has 2 fully saturated rings. The molecular weight excluding hydrogens is 508 g/mol. The van der Waals surface area contributed by atoms with Crippen LogP contribution >= 0.6 is 11.3 Å². The minimum Gasteiger partial charge on any atom is -0.506 e. The van der Waals surface area contributed by atoms with Gasteiger partial charge in [0.2, 0.25) is 0 Å². The van der Waals surface area contributed by atoms with Gasteiger partial charge in [0, 0.05) is 38.3 Å². The van der Waals surface area contributed by atoms with Crippen LogP contribution in [0.15, 0.2) is 16.9 Å². The fourth-order valence-electron chi connectivity index (χ4n) is 5.61. The summed E-state index contributed by atoms with van der Waals surface area (Å²) in [5.74, 6) is -0.0728. The molecule has 0 radical (unpaired) electrons. The van der Waals surface area contributed by atoms with Gasteiger partial charge in [-0.3, -0.25) is 4.79 Å². The van der Waals surface area contributed by atoms with Gasteiger partial charge in [-0.2, -0.15) is 0 Å². The summed E-state index contributed by atoms with van der Waals surface area (Å²) < 4.78 is 6.53. The van der Waals surface area contributed by atoms with Crippen LogP contribution in [-0.2, 0) is 4.74 Å². The van der Waals surface area contributed by atoms with Gasteiger partial charge >= 0.3 is 11.0 Å². The van der Waals surface area contributed by atoms with Crippen LogP contribution < -0.4 is 10.2 Å². The van der Waals surface area contributed by atoms with Crippen LogP contribution in [0.3, 0.4) is 0 Å². The maximum absolute atomic E-state index is 11.8. The second kappa shape index (κ2) is 13.7. The number of aliphatic hydroxyl groups is 1. The lowest BCUT2D eigenvalue weighted by molar-refractivity contribution is -0.0996. The smallest absolute Gasteiger partial charge is 0.407 e. The first kappa shape index (κ1) is 28.8. The molecule has 212 valence electrons. The van der Waals surface area contributed by atoms with Crippen molar-refractivity contribution in [1.82, 2.24) is 20.1 Å². The number of nitrogens with zero attached hydrogens (tertiary/aromatic N) is 2. The number of likely N-dealkylation sites (tertiary alicyclic amines) is 1. The highest BCUT2D eigenvalue weighted by Gasteiger charge is 2.36. The molecule has 2 aromatic rings. The molecule has 1 amide bonds. The number of phenolic OH excluding ortho intramolecular Hbond substituents is 1. The molecular formula is C27H42N4O6S. The molecule has 10 nitrogen and oxygen atoms in total. The second-order valence-electron chi connectivity index (χ2n) is 10.7. The van der Waals surface area contributed by atoms with Gasteiger partial charge in [-0.15, -0.1) is 0 Å². The molecule has 1 aromatic heterocycles. The number of piperidine rings is 1. The monoisotopic (exact) mass is 550 g/mol. The molecule has 3 heterocycles. The fraction of sp³-hybridized carbons (Fsp3) is 0.704. The predicted molar refractivity (Wildman–Crippen MR) is 148 cm³/mol. The SMILES string of the molecule is O=C(O)N(CCCCCCCCCN1CCC2(CC1)CNCCO2)CC(O)c1ccc(O)c2[nH]c(=O)sc12. The lowest BCUT2D eigenvalue weighted by Gasteiger charge is -2.44. The van der Waals surface area contributed by atoms with E-state index in [9.17, 15) is 24.9 Å². The van der Waals surface area contributed by atoms with Gasteiger partial charge in [-0.25, -0.2) is 4.79 Å². The Kier molecular flexibility index (Phi) is 10.4. The van der Waals surface area contributed by atoms with Crippen molar-refractivity contribution in [3.63, 3.8) is 0 Å². The van der Waals surface area contributed by atoms with Crippen molar-refractivity contribution < 1.29 is 24.9 Å². The quantitative estimate of drug-likeness (QED) is 0.239. The molecule has 4 rings (SSSR count). The molecule has 1 atom stereocenters. The summed E-state index contributed by atoms with van der Waals surface area (Å²) in [7, 11) is 0. The number of carbonyl (C=O) groups is 1. The Balaban J connectivity index is 1.08. The third-order valence-electron chi connectivity index (χ3n) is 7.91. The molecule has 38 heavy (non-hydrogen) atoms. The Morgan fingerprint density at radius 3 is 2.53 bits per heavy atom. The van der Waals surface area contributed by atoms with Crippen LogP contribution in [-0.4, -0.2) is 94.2 Å². The molecule has 5 N–H and O–H groups in total. The maximum Gasteiger partial charge on any atom is 0.407 e. The van der Waals surface area contributed by atoms with Gasteiger partial charge in [0.1, 0.15) is 11.3 Å². The Hall–Kier alpha value is -2.18. The van der Waals surface area contributed by atoms with Gasteiger partial charge in [0.25, 0.3) is 0 Å². The van der Waals surface area contributed by atoms with Crippen molar-refractivity contribution in [3.8, 4) is 5.75 Å². The van der Waals surface area contributed by atoms with E-state index in [0.29, 0.717) is 16.8 Å². The zero-order chi connectivity index (χ0) is 27.0. The first-order valence-corrected chi connectivity index (χ1v) is 14.8. The van der Waals surface area contributed by atoms with Crippen LogP contribution in [0.4, 0.5) is 4.79 Å². The van der Waals surface area contributed by atoms with Crippen LogP contribution in [0.25, 0.3) is 10.2 Å². The molecule has 0 aliphatic carbocycles. The predicted octanol–water partition coefficient (Wildman–Crippen LogP) is 3.49. The van der Waals surface area contributed by atoms with Gasteiger partial charge in [0.05, 0.1) is 29.6 Å². The third-order valence-corrected chi connectivity index (χ3v) is 8.85. The zero-order valence-corrected chi connectivity index (χ0v) is 22.9. The number of hydrogen-bond donors (Lipinski definition) is 5. The maximum atomic E-state index is 11.8. The summed E-state index contributed by atoms with van der Waals surface area (Å²) >= 11 is 0.895. The molecule has 1 spiro atoms. The van der Waals surface area contributed by atoms with Crippen molar-refractivity contribution in [3.05, 3.63) is 27.4 Å². The number of hydrogen-bond acceptors (Lipinski definition) is 8. The summed E-state index contributed by atoms with van der Waals surface area (Å²) in [4.78, 5) is 29.5. The van der Waals surface area contributed by atoms with Crippen molar-refractivity contribution in [2.75, 3.05) is 52.4 Å². The number of carboxylic acid groups (broad SMARTS) is 1. The first-order chi connectivity index (χ1) is 18.4. The molecule has 0 saturated carbocycles. The number of aromatic nitrogens is 1. The van der Waals surface area contributed by atoms with E-state index >= 15 is 0 Å². The summed E-state index contributed by atoms with van der Waals surface area (Å²) in [6, 6.07) is 2.94.